The molecule has 0 bridgehead atoms. The summed E-state index contributed by atoms with van der Waals surface area (Å²) in [5.41, 5.74) is 5.56. The summed E-state index contributed by atoms with van der Waals surface area (Å²) in [6, 6.07) is 11.2. The fourth-order valence-corrected chi connectivity index (χ4v) is 2.34. The Bertz CT molecular complexity index is 590. The average molecular weight is 257 g/mol. The molecule has 2 rings (SSSR count). The van der Waals surface area contributed by atoms with E-state index in [0.717, 1.165) is 0 Å². The van der Waals surface area contributed by atoms with Crippen LogP contribution in [0.15, 0.2) is 36.4 Å². The van der Waals surface area contributed by atoms with Gasteiger partial charge >= 0.3 is 0 Å². The Labute approximate surface area is 114 Å². The van der Waals surface area contributed by atoms with Crippen molar-refractivity contribution in [3.05, 3.63) is 64.5 Å². The van der Waals surface area contributed by atoms with Crippen LogP contribution in [0.25, 0.3) is 0 Å². The van der Waals surface area contributed by atoms with Crippen molar-refractivity contribution < 1.29 is 4.39 Å². The molecule has 2 aromatic carbocycles. The zero-order chi connectivity index (χ0) is 14.0. The standard InChI is InChI=1S/C17H20FN/c1-11-9-13(3)15(10-12(11)2)14(4)19-17-8-6-5-7-16(17)18/h5-10,14,19H,1-4H3. The van der Waals surface area contributed by atoms with Crippen LogP contribution in [0.5, 0.6) is 0 Å². The molecule has 0 aliphatic heterocycles. The predicted molar refractivity (Wildman–Crippen MR) is 79.1 cm³/mol. The van der Waals surface area contributed by atoms with Gasteiger partial charge < -0.3 is 5.32 Å². The molecule has 0 saturated heterocycles. The molecule has 0 aliphatic rings. The quantitative estimate of drug-likeness (QED) is 0.822. The topological polar surface area (TPSA) is 12.0 Å². The molecule has 1 nitrogen and oxygen atoms in total. The summed E-state index contributed by atoms with van der Waals surface area (Å²) in [4.78, 5) is 0. The van der Waals surface area contributed by atoms with Crippen molar-refractivity contribution in [3.8, 4) is 0 Å². The van der Waals surface area contributed by atoms with Gasteiger partial charge in [0.25, 0.3) is 0 Å². The molecule has 0 fully saturated rings. The summed E-state index contributed by atoms with van der Waals surface area (Å²) in [5.74, 6) is -0.212. The first-order chi connectivity index (χ1) is 8.99. The highest BCUT2D eigenvalue weighted by Crippen LogP contribution is 2.25. The molecule has 0 heterocycles. The van der Waals surface area contributed by atoms with Crippen molar-refractivity contribution in [2.75, 3.05) is 5.32 Å². The Morgan fingerprint density at radius 1 is 0.947 bits per heavy atom. The molecule has 1 N–H and O–H groups in total. The van der Waals surface area contributed by atoms with Gasteiger partial charge in [0.15, 0.2) is 0 Å². The Morgan fingerprint density at radius 2 is 1.58 bits per heavy atom. The minimum atomic E-state index is -0.212. The van der Waals surface area contributed by atoms with Crippen LogP contribution < -0.4 is 5.32 Å². The van der Waals surface area contributed by atoms with E-state index in [9.17, 15) is 4.39 Å². The van der Waals surface area contributed by atoms with Crippen LogP contribution in [0, 0.1) is 26.6 Å². The molecule has 0 amide bonds. The van der Waals surface area contributed by atoms with E-state index in [4.69, 9.17) is 0 Å². The zero-order valence-electron chi connectivity index (χ0n) is 11.9. The lowest BCUT2D eigenvalue weighted by Crippen LogP contribution is -2.10. The highest BCUT2D eigenvalue weighted by atomic mass is 19.1. The Balaban J connectivity index is 2.28. The number of halogens is 1. The van der Waals surface area contributed by atoms with E-state index < -0.39 is 0 Å². The second-order valence-corrected chi connectivity index (χ2v) is 5.14. The third-order valence-electron chi connectivity index (χ3n) is 3.59. The first kappa shape index (κ1) is 13.6. The predicted octanol–water partition coefficient (Wildman–Crippen LogP) is 4.92. The lowest BCUT2D eigenvalue weighted by Gasteiger charge is -2.19. The van der Waals surface area contributed by atoms with E-state index in [2.05, 4.69) is 45.1 Å². The van der Waals surface area contributed by atoms with Gasteiger partial charge in [0, 0.05) is 6.04 Å². The van der Waals surface area contributed by atoms with E-state index in [1.54, 1.807) is 12.1 Å². The molecular formula is C17H20FN. The van der Waals surface area contributed by atoms with Crippen LogP contribution in [-0.2, 0) is 0 Å². The molecule has 0 radical (unpaired) electrons. The molecule has 1 unspecified atom stereocenters. The molecule has 19 heavy (non-hydrogen) atoms. The van der Waals surface area contributed by atoms with Gasteiger partial charge in [-0.3, -0.25) is 0 Å². The maximum absolute atomic E-state index is 13.6. The molecule has 0 spiro atoms. The Morgan fingerprint density at radius 3 is 2.26 bits per heavy atom. The number of para-hydroxylation sites is 1. The fraction of sp³-hybridized carbons (Fsp3) is 0.294. The van der Waals surface area contributed by atoms with E-state index in [1.807, 2.05) is 6.07 Å². The van der Waals surface area contributed by atoms with Crippen LogP contribution in [0.3, 0.4) is 0 Å². The second-order valence-electron chi connectivity index (χ2n) is 5.14. The third kappa shape index (κ3) is 2.95. The normalized spacial score (nSPS) is 12.3. The van der Waals surface area contributed by atoms with Gasteiger partial charge in [0.2, 0.25) is 0 Å². The molecule has 1 atom stereocenters. The van der Waals surface area contributed by atoms with Gasteiger partial charge in [-0.25, -0.2) is 4.39 Å². The number of rotatable bonds is 3. The third-order valence-corrected chi connectivity index (χ3v) is 3.59. The lowest BCUT2D eigenvalue weighted by atomic mass is 9.96. The van der Waals surface area contributed by atoms with E-state index >= 15 is 0 Å². The van der Waals surface area contributed by atoms with Crippen LogP contribution in [-0.4, -0.2) is 0 Å². The number of benzene rings is 2. The highest BCUT2D eigenvalue weighted by molar-refractivity contribution is 5.48. The van der Waals surface area contributed by atoms with Crippen molar-refractivity contribution >= 4 is 5.69 Å². The van der Waals surface area contributed by atoms with Crippen molar-refractivity contribution in [1.29, 1.82) is 0 Å². The summed E-state index contributed by atoms with van der Waals surface area (Å²) in [7, 11) is 0. The van der Waals surface area contributed by atoms with Gasteiger partial charge in [-0.15, -0.1) is 0 Å². The first-order valence-electron chi connectivity index (χ1n) is 6.58. The molecule has 100 valence electrons. The summed E-state index contributed by atoms with van der Waals surface area (Å²) in [6.45, 7) is 8.38. The minimum Gasteiger partial charge on any atom is -0.376 e. The molecule has 2 heteroatoms. The van der Waals surface area contributed by atoms with Crippen molar-refractivity contribution in [3.63, 3.8) is 0 Å². The number of nitrogens with one attached hydrogen (secondary N) is 1. The first-order valence-corrected chi connectivity index (χ1v) is 6.58. The molecule has 0 saturated carbocycles. The van der Waals surface area contributed by atoms with Crippen molar-refractivity contribution in [2.45, 2.75) is 33.7 Å². The highest BCUT2D eigenvalue weighted by Gasteiger charge is 2.11. The second kappa shape index (κ2) is 5.43. The molecule has 0 aliphatic carbocycles. The molecular weight excluding hydrogens is 237 g/mol. The van der Waals surface area contributed by atoms with Crippen LogP contribution >= 0.6 is 0 Å². The van der Waals surface area contributed by atoms with Crippen molar-refractivity contribution in [2.24, 2.45) is 0 Å². The summed E-state index contributed by atoms with van der Waals surface area (Å²) < 4.78 is 13.6. The number of anilines is 1. The zero-order valence-corrected chi connectivity index (χ0v) is 11.9. The molecule has 0 aromatic heterocycles. The van der Waals surface area contributed by atoms with Crippen molar-refractivity contribution in [1.82, 2.24) is 0 Å². The number of hydrogen-bond acceptors (Lipinski definition) is 1. The fourth-order valence-electron chi connectivity index (χ4n) is 2.34. The Kier molecular flexibility index (Phi) is 3.89. The Hall–Kier alpha value is -1.83. The van der Waals surface area contributed by atoms with Gasteiger partial charge in [0.05, 0.1) is 5.69 Å². The summed E-state index contributed by atoms with van der Waals surface area (Å²) in [5, 5.41) is 3.24. The van der Waals surface area contributed by atoms with Crippen LogP contribution in [0.1, 0.15) is 35.2 Å². The largest absolute Gasteiger partial charge is 0.376 e. The van der Waals surface area contributed by atoms with Gasteiger partial charge in [-0.1, -0.05) is 24.3 Å². The molecule has 2 aromatic rings. The van der Waals surface area contributed by atoms with Gasteiger partial charge in [-0.05, 0) is 62.1 Å². The van der Waals surface area contributed by atoms with E-state index in [1.165, 1.54) is 28.3 Å². The van der Waals surface area contributed by atoms with E-state index in [0.29, 0.717) is 5.69 Å². The number of hydrogen-bond donors (Lipinski definition) is 1. The maximum atomic E-state index is 13.6. The minimum absolute atomic E-state index is 0.0798. The van der Waals surface area contributed by atoms with Crippen LogP contribution in [0.2, 0.25) is 0 Å². The smallest absolute Gasteiger partial charge is 0.146 e. The van der Waals surface area contributed by atoms with Gasteiger partial charge in [0.1, 0.15) is 5.82 Å². The van der Waals surface area contributed by atoms with Crippen LogP contribution in [0.4, 0.5) is 10.1 Å². The summed E-state index contributed by atoms with van der Waals surface area (Å²) >= 11 is 0. The van der Waals surface area contributed by atoms with E-state index in [-0.39, 0.29) is 11.9 Å². The summed E-state index contributed by atoms with van der Waals surface area (Å²) in [6.07, 6.45) is 0. The average Bonchev–Trinajstić information content (AvgIpc) is 2.36. The SMILES string of the molecule is Cc1cc(C)c(C(C)Nc2ccccc2F)cc1C. The maximum Gasteiger partial charge on any atom is 0.146 e. The lowest BCUT2D eigenvalue weighted by molar-refractivity contribution is 0.627. The number of aryl methyl sites for hydroxylation is 3. The van der Waals surface area contributed by atoms with Gasteiger partial charge in [-0.2, -0.15) is 0 Å². The monoisotopic (exact) mass is 257 g/mol.